The second-order valence-electron chi connectivity index (χ2n) is 7.05. The summed E-state index contributed by atoms with van der Waals surface area (Å²) in [5, 5.41) is 2.30. The van der Waals surface area contributed by atoms with Crippen LogP contribution in [0.25, 0.3) is 11.0 Å². The SMILES string of the molecule is CN1O[C@H]2C(=O)N(c3ccc(Cl)cc3)C(=O)[C@@H]2[C@@H]1c1coc2ccccc2c1=O. The Morgan fingerprint density at radius 3 is 2.45 bits per heavy atom. The topological polar surface area (TPSA) is 80.1 Å². The molecule has 8 heteroatoms. The summed E-state index contributed by atoms with van der Waals surface area (Å²) in [7, 11) is 1.60. The lowest BCUT2D eigenvalue weighted by molar-refractivity contribution is -0.160. The van der Waals surface area contributed by atoms with Gasteiger partial charge in [0.25, 0.3) is 5.91 Å². The molecule has 0 unspecified atom stereocenters. The van der Waals surface area contributed by atoms with Crippen LogP contribution in [0, 0.1) is 5.92 Å². The molecule has 3 heterocycles. The minimum atomic E-state index is -1.00. The van der Waals surface area contributed by atoms with Crippen molar-refractivity contribution in [1.82, 2.24) is 5.06 Å². The number of hydroxylamine groups is 2. The molecule has 0 saturated carbocycles. The number of imide groups is 1. The van der Waals surface area contributed by atoms with E-state index in [0.29, 0.717) is 21.7 Å². The predicted molar refractivity (Wildman–Crippen MR) is 105 cm³/mol. The van der Waals surface area contributed by atoms with Gasteiger partial charge in [0.2, 0.25) is 5.91 Å². The maximum atomic E-state index is 13.2. The zero-order valence-corrected chi connectivity index (χ0v) is 16.0. The predicted octanol–water partition coefficient (Wildman–Crippen LogP) is 2.92. The monoisotopic (exact) mass is 410 g/mol. The van der Waals surface area contributed by atoms with Crippen LogP contribution in [0.3, 0.4) is 0 Å². The lowest BCUT2D eigenvalue weighted by atomic mass is 9.91. The molecular formula is C21H15ClN2O5. The van der Waals surface area contributed by atoms with Crippen LogP contribution in [0.15, 0.2) is 64.0 Å². The Kier molecular flexibility index (Phi) is 4.06. The third kappa shape index (κ3) is 2.62. The molecule has 5 rings (SSSR count). The summed E-state index contributed by atoms with van der Waals surface area (Å²) < 4.78 is 5.61. The van der Waals surface area contributed by atoms with E-state index in [1.807, 2.05) is 0 Å². The van der Waals surface area contributed by atoms with Crippen LogP contribution in [0.5, 0.6) is 0 Å². The molecule has 1 aromatic heterocycles. The van der Waals surface area contributed by atoms with Gasteiger partial charge in [0.05, 0.1) is 34.9 Å². The summed E-state index contributed by atoms with van der Waals surface area (Å²) >= 11 is 5.91. The third-order valence-electron chi connectivity index (χ3n) is 5.42. The van der Waals surface area contributed by atoms with Crippen molar-refractivity contribution < 1.29 is 18.8 Å². The smallest absolute Gasteiger partial charge is 0.265 e. The van der Waals surface area contributed by atoms with E-state index in [-0.39, 0.29) is 11.0 Å². The number of nitrogens with zero attached hydrogens (tertiary/aromatic N) is 2. The van der Waals surface area contributed by atoms with E-state index >= 15 is 0 Å². The highest BCUT2D eigenvalue weighted by atomic mass is 35.5. The Labute approximate surface area is 170 Å². The Hall–Kier alpha value is -3.00. The molecule has 0 aliphatic carbocycles. The number of amides is 2. The zero-order chi connectivity index (χ0) is 20.3. The van der Waals surface area contributed by atoms with Crippen LogP contribution in [-0.4, -0.2) is 30.0 Å². The van der Waals surface area contributed by atoms with Crippen molar-refractivity contribution in [3.05, 3.63) is 75.6 Å². The number of para-hydroxylation sites is 1. The molecular weight excluding hydrogens is 396 g/mol. The van der Waals surface area contributed by atoms with Crippen molar-refractivity contribution in [2.24, 2.45) is 5.92 Å². The van der Waals surface area contributed by atoms with Crippen LogP contribution in [0.1, 0.15) is 11.6 Å². The quantitative estimate of drug-likeness (QED) is 0.604. The summed E-state index contributed by atoms with van der Waals surface area (Å²) in [6.45, 7) is 0. The van der Waals surface area contributed by atoms with Gasteiger partial charge in [0, 0.05) is 12.1 Å². The molecule has 0 N–H and O–H groups in total. The minimum absolute atomic E-state index is 0.252. The Balaban J connectivity index is 1.59. The fraction of sp³-hybridized carbons (Fsp3) is 0.190. The largest absolute Gasteiger partial charge is 0.464 e. The molecule has 29 heavy (non-hydrogen) atoms. The second kappa shape index (κ2) is 6.52. The summed E-state index contributed by atoms with van der Waals surface area (Å²) in [5.41, 5.74) is 0.890. The zero-order valence-electron chi connectivity index (χ0n) is 15.2. The van der Waals surface area contributed by atoms with Crippen molar-refractivity contribution in [3.63, 3.8) is 0 Å². The number of benzene rings is 2. The highest BCUT2D eigenvalue weighted by Gasteiger charge is 2.59. The molecule has 7 nitrogen and oxygen atoms in total. The lowest BCUT2D eigenvalue weighted by Crippen LogP contribution is -2.37. The van der Waals surface area contributed by atoms with Crippen LogP contribution >= 0.6 is 11.6 Å². The maximum absolute atomic E-state index is 13.2. The summed E-state index contributed by atoms with van der Waals surface area (Å²) in [5.74, 6) is -1.75. The lowest BCUT2D eigenvalue weighted by Gasteiger charge is -2.23. The van der Waals surface area contributed by atoms with Gasteiger partial charge in [-0.05, 0) is 36.4 Å². The van der Waals surface area contributed by atoms with Crippen molar-refractivity contribution in [2.45, 2.75) is 12.1 Å². The van der Waals surface area contributed by atoms with E-state index in [1.54, 1.807) is 55.6 Å². The number of halogens is 1. The number of hydrogen-bond acceptors (Lipinski definition) is 6. The summed E-state index contributed by atoms with van der Waals surface area (Å²) in [4.78, 5) is 46.0. The van der Waals surface area contributed by atoms with Crippen LogP contribution in [0.4, 0.5) is 5.69 Å². The molecule has 2 amide bonds. The first kappa shape index (κ1) is 18.1. The van der Waals surface area contributed by atoms with Crippen molar-refractivity contribution in [3.8, 4) is 0 Å². The van der Waals surface area contributed by atoms with Gasteiger partial charge in [-0.3, -0.25) is 19.2 Å². The summed E-state index contributed by atoms with van der Waals surface area (Å²) in [6, 6.07) is 12.5. The first-order valence-corrected chi connectivity index (χ1v) is 9.38. The second-order valence-corrected chi connectivity index (χ2v) is 7.48. The maximum Gasteiger partial charge on any atom is 0.265 e. The standard InChI is InChI=1S/C21H15ClN2O5/c1-23-17(14-10-28-15-5-3-2-4-13(15)18(14)25)16-19(29-23)21(27)24(20(16)26)12-8-6-11(22)7-9-12/h2-10,16-17,19H,1H3/t16-,17+,19-/m1/s1. The molecule has 0 radical (unpaired) electrons. The molecule has 146 valence electrons. The van der Waals surface area contributed by atoms with E-state index in [9.17, 15) is 14.4 Å². The van der Waals surface area contributed by atoms with Crippen molar-refractivity contribution >= 4 is 40.1 Å². The van der Waals surface area contributed by atoms with Gasteiger partial charge < -0.3 is 4.42 Å². The average Bonchev–Trinajstić information content (AvgIpc) is 3.17. The first-order chi connectivity index (χ1) is 14.0. The number of fused-ring (bicyclic) bond motifs is 2. The van der Waals surface area contributed by atoms with Crippen LogP contribution in [-0.2, 0) is 14.4 Å². The van der Waals surface area contributed by atoms with Gasteiger partial charge in [0.1, 0.15) is 5.58 Å². The molecule has 2 saturated heterocycles. The van der Waals surface area contributed by atoms with Crippen molar-refractivity contribution in [2.75, 3.05) is 11.9 Å². The van der Waals surface area contributed by atoms with Crippen LogP contribution < -0.4 is 10.3 Å². The molecule has 2 aliphatic heterocycles. The minimum Gasteiger partial charge on any atom is -0.464 e. The molecule has 3 atom stereocenters. The van der Waals surface area contributed by atoms with Gasteiger partial charge in [-0.1, -0.05) is 23.7 Å². The van der Waals surface area contributed by atoms with Gasteiger partial charge in [-0.25, -0.2) is 4.90 Å². The number of carbonyl (C=O) groups is 2. The fourth-order valence-electron chi connectivity index (χ4n) is 4.08. The molecule has 3 aromatic rings. The third-order valence-corrected chi connectivity index (χ3v) is 5.67. The van der Waals surface area contributed by atoms with Gasteiger partial charge in [-0.2, -0.15) is 5.06 Å². The van der Waals surface area contributed by atoms with E-state index in [1.165, 1.54) is 11.3 Å². The molecule has 2 aliphatic rings. The van der Waals surface area contributed by atoms with Gasteiger partial charge in [0.15, 0.2) is 11.5 Å². The van der Waals surface area contributed by atoms with Gasteiger partial charge >= 0.3 is 0 Å². The first-order valence-electron chi connectivity index (χ1n) is 9.01. The number of anilines is 1. The van der Waals surface area contributed by atoms with Gasteiger partial charge in [-0.15, -0.1) is 0 Å². The van der Waals surface area contributed by atoms with E-state index in [4.69, 9.17) is 20.9 Å². The van der Waals surface area contributed by atoms with E-state index < -0.39 is 29.9 Å². The summed E-state index contributed by atoms with van der Waals surface area (Å²) in [6.07, 6.45) is 0.347. The van der Waals surface area contributed by atoms with Crippen molar-refractivity contribution in [1.29, 1.82) is 0 Å². The number of carbonyl (C=O) groups excluding carboxylic acids is 2. The van der Waals surface area contributed by atoms with E-state index in [0.717, 1.165) is 4.90 Å². The normalized spacial score (nSPS) is 24.5. The fourth-order valence-corrected chi connectivity index (χ4v) is 4.21. The molecule has 2 aromatic carbocycles. The molecule has 2 fully saturated rings. The average molecular weight is 411 g/mol. The highest BCUT2D eigenvalue weighted by molar-refractivity contribution is 6.31. The van der Waals surface area contributed by atoms with E-state index in [2.05, 4.69) is 0 Å². The Morgan fingerprint density at radius 1 is 0.966 bits per heavy atom. The van der Waals surface area contributed by atoms with Crippen LogP contribution in [0.2, 0.25) is 5.02 Å². The number of hydrogen-bond donors (Lipinski definition) is 0. The molecule has 0 spiro atoms. The number of rotatable bonds is 2. The highest BCUT2D eigenvalue weighted by Crippen LogP contribution is 2.44. The molecule has 0 bridgehead atoms. The Bertz CT molecular complexity index is 1210. The Morgan fingerprint density at radius 2 is 1.69 bits per heavy atom.